The van der Waals surface area contributed by atoms with Crippen molar-refractivity contribution in [3.8, 4) is 5.75 Å². The fraction of sp³-hybridized carbons (Fsp3) is 0.200. The first-order valence-corrected chi connectivity index (χ1v) is 8.44. The first-order valence-electron chi connectivity index (χ1n) is 8.44. The third-order valence-electron chi connectivity index (χ3n) is 3.72. The van der Waals surface area contributed by atoms with E-state index in [9.17, 15) is 14.4 Å². The van der Waals surface area contributed by atoms with Gasteiger partial charge in [0, 0.05) is 0 Å². The van der Waals surface area contributed by atoms with Crippen molar-refractivity contribution in [3.05, 3.63) is 59.7 Å². The van der Waals surface area contributed by atoms with E-state index in [2.05, 4.69) is 4.99 Å². The largest absolute Gasteiger partial charge is 0.457 e. The summed E-state index contributed by atoms with van der Waals surface area (Å²) in [5.41, 5.74) is 12.1. The number of nitrogens with zero attached hydrogens (tertiary/aromatic N) is 1. The number of ketones is 1. The van der Waals surface area contributed by atoms with E-state index in [1.165, 1.54) is 6.92 Å². The average molecular weight is 383 g/mol. The average Bonchev–Trinajstić information content (AvgIpc) is 2.66. The molecule has 146 valence electrons. The van der Waals surface area contributed by atoms with Gasteiger partial charge >= 0.3 is 11.9 Å². The maximum absolute atomic E-state index is 12.2. The van der Waals surface area contributed by atoms with Gasteiger partial charge in [-0.05, 0) is 55.8 Å². The predicted octanol–water partition coefficient (Wildman–Crippen LogP) is 2.05. The molecule has 0 spiro atoms. The fourth-order valence-corrected chi connectivity index (χ4v) is 2.25. The molecule has 8 nitrogen and oxygen atoms in total. The molecular formula is C20H21N3O5. The van der Waals surface area contributed by atoms with Gasteiger partial charge < -0.3 is 20.9 Å². The SMILES string of the molecule is CC(=O)COC(=O)C(C)c1ccc(OC(=O)c2ccc(N=C(N)N)cc2)cc1. The maximum Gasteiger partial charge on any atom is 0.343 e. The Morgan fingerprint density at radius 3 is 2.14 bits per heavy atom. The number of aliphatic imine (C=N–C) groups is 1. The molecule has 1 unspecified atom stereocenters. The number of carbonyl (C=O) groups is 3. The van der Waals surface area contributed by atoms with E-state index in [0.29, 0.717) is 22.6 Å². The summed E-state index contributed by atoms with van der Waals surface area (Å²) in [5, 5.41) is 0. The molecule has 0 aromatic heterocycles. The van der Waals surface area contributed by atoms with Gasteiger partial charge in [0.2, 0.25) is 0 Å². The second-order valence-electron chi connectivity index (χ2n) is 6.07. The van der Waals surface area contributed by atoms with Crippen LogP contribution in [-0.2, 0) is 14.3 Å². The van der Waals surface area contributed by atoms with E-state index in [4.69, 9.17) is 20.9 Å². The van der Waals surface area contributed by atoms with Crippen LogP contribution in [0.2, 0.25) is 0 Å². The molecule has 0 aliphatic carbocycles. The third kappa shape index (κ3) is 5.94. The Hall–Kier alpha value is -3.68. The van der Waals surface area contributed by atoms with Crippen molar-refractivity contribution >= 4 is 29.4 Å². The van der Waals surface area contributed by atoms with Gasteiger partial charge in [0.1, 0.15) is 12.4 Å². The number of rotatable bonds is 7. The summed E-state index contributed by atoms with van der Waals surface area (Å²) in [6.45, 7) is 2.76. The van der Waals surface area contributed by atoms with Crippen LogP contribution in [0.5, 0.6) is 5.75 Å². The Balaban J connectivity index is 1.99. The highest BCUT2D eigenvalue weighted by Gasteiger charge is 2.18. The van der Waals surface area contributed by atoms with Crippen LogP contribution in [0, 0.1) is 0 Å². The lowest BCUT2D eigenvalue weighted by atomic mass is 10.0. The molecule has 0 aliphatic heterocycles. The molecule has 2 aromatic rings. The molecule has 2 rings (SSSR count). The topological polar surface area (TPSA) is 134 Å². The number of hydrogen-bond acceptors (Lipinski definition) is 6. The zero-order chi connectivity index (χ0) is 20.7. The number of Topliss-reactive ketones (excluding diaryl/α,β-unsaturated/α-hetero) is 1. The Kier molecular flexibility index (Phi) is 6.86. The zero-order valence-corrected chi connectivity index (χ0v) is 15.5. The van der Waals surface area contributed by atoms with Gasteiger partial charge in [-0.2, -0.15) is 0 Å². The Labute approximate surface area is 162 Å². The fourth-order valence-electron chi connectivity index (χ4n) is 2.25. The molecule has 0 aliphatic rings. The minimum absolute atomic E-state index is 0.0742. The molecule has 0 bridgehead atoms. The summed E-state index contributed by atoms with van der Waals surface area (Å²) in [6, 6.07) is 12.7. The molecule has 4 N–H and O–H groups in total. The monoisotopic (exact) mass is 383 g/mol. The highest BCUT2D eigenvalue weighted by Crippen LogP contribution is 2.21. The zero-order valence-electron chi connectivity index (χ0n) is 15.5. The Morgan fingerprint density at radius 2 is 1.61 bits per heavy atom. The van der Waals surface area contributed by atoms with E-state index in [-0.39, 0.29) is 18.3 Å². The highest BCUT2D eigenvalue weighted by molar-refractivity contribution is 5.91. The van der Waals surface area contributed by atoms with Crippen LogP contribution in [0.3, 0.4) is 0 Å². The van der Waals surface area contributed by atoms with Crippen molar-refractivity contribution < 1.29 is 23.9 Å². The van der Waals surface area contributed by atoms with Gasteiger partial charge in [-0.3, -0.25) is 9.59 Å². The second kappa shape index (κ2) is 9.31. The number of guanidine groups is 1. The third-order valence-corrected chi connectivity index (χ3v) is 3.72. The van der Waals surface area contributed by atoms with Gasteiger partial charge in [-0.15, -0.1) is 0 Å². The quantitative estimate of drug-likeness (QED) is 0.323. The van der Waals surface area contributed by atoms with Crippen molar-refractivity contribution in [1.82, 2.24) is 0 Å². The minimum atomic E-state index is -0.549. The summed E-state index contributed by atoms with van der Waals surface area (Å²) in [7, 11) is 0. The van der Waals surface area contributed by atoms with Crippen molar-refractivity contribution in [2.75, 3.05) is 6.61 Å². The van der Waals surface area contributed by atoms with E-state index in [1.807, 2.05) is 0 Å². The van der Waals surface area contributed by atoms with E-state index in [1.54, 1.807) is 55.5 Å². The lowest BCUT2D eigenvalue weighted by molar-refractivity contribution is -0.148. The van der Waals surface area contributed by atoms with Crippen LogP contribution in [0.25, 0.3) is 0 Å². The summed E-state index contributed by atoms with van der Waals surface area (Å²) in [6.07, 6.45) is 0. The molecule has 0 saturated carbocycles. The van der Waals surface area contributed by atoms with E-state index < -0.39 is 17.9 Å². The molecule has 28 heavy (non-hydrogen) atoms. The molecular weight excluding hydrogens is 362 g/mol. The first-order chi connectivity index (χ1) is 13.3. The van der Waals surface area contributed by atoms with E-state index in [0.717, 1.165) is 0 Å². The molecule has 0 radical (unpaired) electrons. The number of benzene rings is 2. The predicted molar refractivity (Wildman–Crippen MR) is 103 cm³/mol. The van der Waals surface area contributed by atoms with Crippen LogP contribution >= 0.6 is 0 Å². The molecule has 2 aromatic carbocycles. The minimum Gasteiger partial charge on any atom is -0.457 e. The molecule has 0 amide bonds. The van der Waals surface area contributed by atoms with Gasteiger partial charge in [0.15, 0.2) is 11.7 Å². The molecule has 1 atom stereocenters. The maximum atomic E-state index is 12.2. The molecule has 0 fully saturated rings. The lowest BCUT2D eigenvalue weighted by Crippen LogP contribution is -2.21. The van der Waals surface area contributed by atoms with Gasteiger partial charge in [0.05, 0.1) is 17.2 Å². The standard InChI is InChI=1S/C20H21N3O5/c1-12(24)11-27-18(25)13(2)14-5-9-17(10-6-14)28-19(26)15-3-7-16(8-4-15)23-20(21)22/h3-10,13H,11H2,1-2H3,(H4,21,22,23). The first kappa shape index (κ1) is 20.6. The molecule has 8 heteroatoms. The van der Waals surface area contributed by atoms with Gasteiger partial charge in [-0.25, -0.2) is 9.79 Å². The van der Waals surface area contributed by atoms with Gasteiger partial charge in [0.25, 0.3) is 0 Å². The number of esters is 2. The van der Waals surface area contributed by atoms with Crippen LogP contribution in [0.15, 0.2) is 53.5 Å². The molecule has 0 saturated heterocycles. The Bertz CT molecular complexity index is 885. The second-order valence-corrected chi connectivity index (χ2v) is 6.07. The lowest BCUT2D eigenvalue weighted by Gasteiger charge is -2.12. The van der Waals surface area contributed by atoms with Crippen molar-refractivity contribution in [1.29, 1.82) is 0 Å². The van der Waals surface area contributed by atoms with Crippen LogP contribution in [-0.4, -0.2) is 30.3 Å². The molecule has 0 heterocycles. The number of carbonyl (C=O) groups excluding carboxylic acids is 3. The van der Waals surface area contributed by atoms with Crippen molar-refractivity contribution in [2.24, 2.45) is 16.5 Å². The van der Waals surface area contributed by atoms with Crippen LogP contribution in [0.4, 0.5) is 5.69 Å². The summed E-state index contributed by atoms with van der Waals surface area (Å²) in [5.74, 6) is -1.57. The van der Waals surface area contributed by atoms with Crippen LogP contribution < -0.4 is 16.2 Å². The van der Waals surface area contributed by atoms with Gasteiger partial charge in [-0.1, -0.05) is 12.1 Å². The number of ether oxygens (including phenoxy) is 2. The van der Waals surface area contributed by atoms with E-state index >= 15 is 0 Å². The summed E-state index contributed by atoms with van der Waals surface area (Å²) >= 11 is 0. The normalized spacial score (nSPS) is 11.2. The van der Waals surface area contributed by atoms with Crippen LogP contribution in [0.1, 0.15) is 35.7 Å². The van der Waals surface area contributed by atoms with Crippen molar-refractivity contribution in [2.45, 2.75) is 19.8 Å². The Morgan fingerprint density at radius 1 is 1.00 bits per heavy atom. The number of nitrogens with two attached hydrogens (primary N) is 2. The summed E-state index contributed by atoms with van der Waals surface area (Å²) < 4.78 is 10.2. The van der Waals surface area contributed by atoms with Crippen molar-refractivity contribution in [3.63, 3.8) is 0 Å². The summed E-state index contributed by atoms with van der Waals surface area (Å²) in [4.78, 5) is 38.9. The number of hydrogen-bond donors (Lipinski definition) is 2. The highest BCUT2D eigenvalue weighted by atomic mass is 16.5. The smallest absolute Gasteiger partial charge is 0.343 e.